The molecule has 6 nitrogen and oxygen atoms in total. The van der Waals surface area contributed by atoms with Crippen LogP contribution in [0.4, 0.5) is 0 Å². The van der Waals surface area contributed by atoms with Crippen LogP contribution in [0.1, 0.15) is 51.4 Å². The molecule has 1 saturated heterocycles. The first-order valence-electron chi connectivity index (χ1n) is 9.85. The Morgan fingerprint density at radius 2 is 2.16 bits per heavy atom. The molecule has 2 heterocycles. The van der Waals surface area contributed by atoms with Crippen LogP contribution in [-0.4, -0.2) is 56.1 Å². The number of amides is 1. The lowest BCUT2D eigenvalue weighted by Crippen LogP contribution is -2.45. The van der Waals surface area contributed by atoms with Crippen LogP contribution in [0.3, 0.4) is 0 Å². The number of hydrogen-bond acceptors (Lipinski definition) is 4. The molecule has 2 fully saturated rings. The molecule has 2 aliphatic carbocycles. The second kappa shape index (κ2) is 7.68. The van der Waals surface area contributed by atoms with E-state index in [1.165, 1.54) is 44.2 Å². The van der Waals surface area contributed by atoms with Crippen LogP contribution in [0.25, 0.3) is 0 Å². The van der Waals surface area contributed by atoms with Crippen LogP contribution < -0.4 is 0 Å². The molecule has 3 aliphatic rings. The summed E-state index contributed by atoms with van der Waals surface area (Å²) in [4.78, 5) is 21.6. The third-order valence-electron chi connectivity index (χ3n) is 5.63. The average Bonchev–Trinajstić information content (AvgIpc) is 3.32. The van der Waals surface area contributed by atoms with Gasteiger partial charge in [-0.15, -0.1) is 0 Å². The van der Waals surface area contributed by atoms with Gasteiger partial charge in [-0.3, -0.25) is 14.4 Å². The Bertz CT molecular complexity index is 607. The third kappa shape index (κ3) is 4.29. The number of rotatable bonds is 6. The second-order valence-corrected chi connectivity index (χ2v) is 7.80. The molecule has 1 saturated carbocycles. The third-order valence-corrected chi connectivity index (χ3v) is 5.63. The van der Waals surface area contributed by atoms with Crippen molar-refractivity contribution in [2.45, 2.75) is 64.0 Å². The number of carbonyl (C=O) groups excluding carboxylic acids is 1. The molecule has 6 heteroatoms. The van der Waals surface area contributed by atoms with Crippen LogP contribution in [0, 0.1) is 5.92 Å². The lowest BCUT2D eigenvalue weighted by atomic mass is 9.98. The molecule has 0 spiro atoms. The molecule has 4 rings (SSSR count). The SMILES string of the molecule is O=C(CN1CCC[C@@H](Cn2cncn2)C1)N(C1=CCCCC1)C1CC1. The van der Waals surface area contributed by atoms with Crippen molar-refractivity contribution in [2.75, 3.05) is 19.6 Å². The number of piperidine rings is 1. The molecule has 1 amide bonds. The molecular weight excluding hydrogens is 314 g/mol. The highest BCUT2D eigenvalue weighted by molar-refractivity contribution is 5.80. The lowest BCUT2D eigenvalue weighted by Gasteiger charge is -2.35. The van der Waals surface area contributed by atoms with Crippen LogP contribution in [0.2, 0.25) is 0 Å². The van der Waals surface area contributed by atoms with Gasteiger partial charge in [-0.25, -0.2) is 4.98 Å². The minimum Gasteiger partial charge on any atom is -0.312 e. The summed E-state index contributed by atoms with van der Waals surface area (Å²) in [7, 11) is 0. The zero-order chi connectivity index (χ0) is 17.1. The summed E-state index contributed by atoms with van der Waals surface area (Å²) in [6.07, 6.45) is 15.1. The standard InChI is InChI=1S/C19H29N5O/c25-19(24(18-8-9-18)17-6-2-1-3-7-17)13-22-10-4-5-16(11-22)12-23-15-20-14-21-23/h6,14-16,18H,1-5,7-13H2/t16-/m1/s1. The number of hydrogen-bond donors (Lipinski definition) is 0. The zero-order valence-electron chi connectivity index (χ0n) is 15.0. The molecule has 1 aromatic heterocycles. The molecule has 0 bridgehead atoms. The van der Waals surface area contributed by atoms with E-state index < -0.39 is 0 Å². The van der Waals surface area contributed by atoms with E-state index in [2.05, 4.69) is 26.0 Å². The van der Waals surface area contributed by atoms with Crippen LogP contribution in [-0.2, 0) is 11.3 Å². The van der Waals surface area contributed by atoms with E-state index in [0.717, 1.165) is 32.5 Å². The Morgan fingerprint density at radius 1 is 1.24 bits per heavy atom. The molecule has 1 aliphatic heterocycles. The van der Waals surface area contributed by atoms with Crippen molar-refractivity contribution >= 4 is 5.91 Å². The summed E-state index contributed by atoms with van der Waals surface area (Å²) in [6.45, 7) is 3.50. The lowest BCUT2D eigenvalue weighted by molar-refractivity contribution is -0.131. The molecule has 0 unspecified atom stereocenters. The van der Waals surface area contributed by atoms with Gasteiger partial charge in [-0.1, -0.05) is 6.08 Å². The smallest absolute Gasteiger partial charge is 0.241 e. The van der Waals surface area contributed by atoms with Crippen molar-refractivity contribution < 1.29 is 4.79 Å². The van der Waals surface area contributed by atoms with Gasteiger partial charge in [-0.2, -0.15) is 5.10 Å². The van der Waals surface area contributed by atoms with Gasteiger partial charge >= 0.3 is 0 Å². The number of aromatic nitrogens is 3. The molecule has 25 heavy (non-hydrogen) atoms. The maximum absolute atomic E-state index is 13.0. The highest BCUT2D eigenvalue weighted by atomic mass is 16.2. The highest BCUT2D eigenvalue weighted by Gasteiger charge is 2.36. The van der Waals surface area contributed by atoms with Gasteiger partial charge in [0.1, 0.15) is 12.7 Å². The number of nitrogens with zero attached hydrogens (tertiary/aromatic N) is 5. The van der Waals surface area contributed by atoms with E-state index in [1.54, 1.807) is 12.7 Å². The summed E-state index contributed by atoms with van der Waals surface area (Å²) >= 11 is 0. The second-order valence-electron chi connectivity index (χ2n) is 7.80. The van der Waals surface area contributed by atoms with Gasteiger partial charge in [0.2, 0.25) is 5.91 Å². The van der Waals surface area contributed by atoms with E-state index >= 15 is 0 Å². The van der Waals surface area contributed by atoms with Crippen molar-refractivity contribution in [3.05, 3.63) is 24.4 Å². The minimum absolute atomic E-state index is 0.317. The van der Waals surface area contributed by atoms with Crippen molar-refractivity contribution in [3.63, 3.8) is 0 Å². The Balaban J connectivity index is 1.35. The van der Waals surface area contributed by atoms with E-state index in [-0.39, 0.29) is 0 Å². The van der Waals surface area contributed by atoms with Gasteiger partial charge in [0.05, 0.1) is 6.54 Å². The van der Waals surface area contributed by atoms with E-state index in [9.17, 15) is 4.79 Å². The van der Waals surface area contributed by atoms with Gasteiger partial charge < -0.3 is 4.90 Å². The predicted octanol–water partition coefficient (Wildman–Crippen LogP) is 2.44. The highest BCUT2D eigenvalue weighted by Crippen LogP contribution is 2.34. The molecule has 0 radical (unpaired) electrons. The largest absolute Gasteiger partial charge is 0.312 e. The Hall–Kier alpha value is -1.69. The fourth-order valence-electron chi connectivity index (χ4n) is 4.27. The first kappa shape index (κ1) is 16.8. The van der Waals surface area contributed by atoms with E-state index in [0.29, 0.717) is 24.4 Å². The van der Waals surface area contributed by atoms with E-state index in [1.807, 2.05) is 4.68 Å². The fourth-order valence-corrected chi connectivity index (χ4v) is 4.27. The van der Waals surface area contributed by atoms with Crippen molar-refractivity contribution in [3.8, 4) is 0 Å². The van der Waals surface area contributed by atoms with Crippen molar-refractivity contribution in [2.24, 2.45) is 5.92 Å². The first-order chi connectivity index (χ1) is 12.3. The van der Waals surface area contributed by atoms with Crippen LogP contribution >= 0.6 is 0 Å². The molecule has 136 valence electrons. The number of allylic oxidation sites excluding steroid dienone is 2. The van der Waals surface area contributed by atoms with Gasteiger partial charge in [0, 0.05) is 24.8 Å². The maximum atomic E-state index is 13.0. The normalized spacial score (nSPS) is 24.8. The molecule has 0 aromatic carbocycles. The predicted molar refractivity (Wildman–Crippen MR) is 95.6 cm³/mol. The monoisotopic (exact) mass is 343 g/mol. The Kier molecular flexibility index (Phi) is 5.15. The molecule has 1 atom stereocenters. The summed E-state index contributed by atoms with van der Waals surface area (Å²) in [5, 5.41) is 4.22. The van der Waals surface area contributed by atoms with Gasteiger partial charge in [-0.05, 0) is 63.8 Å². The minimum atomic E-state index is 0.317. The Labute approximate surface area is 149 Å². The summed E-state index contributed by atoms with van der Waals surface area (Å²) in [5.74, 6) is 0.878. The topological polar surface area (TPSA) is 54.3 Å². The van der Waals surface area contributed by atoms with Crippen LogP contribution in [0.5, 0.6) is 0 Å². The van der Waals surface area contributed by atoms with Crippen molar-refractivity contribution in [1.82, 2.24) is 24.6 Å². The number of likely N-dealkylation sites (tertiary alicyclic amines) is 1. The average molecular weight is 343 g/mol. The summed E-state index contributed by atoms with van der Waals surface area (Å²) < 4.78 is 1.92. The molecular formula is C19H29N5O. The Morgan fingerprint density at radius 3 is 2.88 bits per heavy atom. The maximum Gasteiger partial charge on any atom is 0.241 e. The van der Waals surface area contributed by atoms with E-state index in [4.69, 9.17) is 0 Å². The fraction of sp³-hybridized carbons (Fsp3) is 0.737. The quantitative estimate of drug-likeness (QED) is 0.796. The number of carbonyl (C=O) groups is 1. The van der Waals surface area contributed by atoms with Crippen molar-refractivity contribution in [1.29, 1.82) is 0 Å². The first-order valence-corrected chi connectivity index (χ1v) is 9.85. The summed E-state index contributed by atoms with van der Waals surface area (Å²) in [6, 6.07) is 0.479. The molecule has 1 aromatic rings. The van der Waals surface area contributed by atoms with Crippen LogP contribution in [0.15, 0.2) is 24.4 Å². The summed E-state index contributed by atoms with van der Waals surface area (Å²) in [5.41, 5.74) is 1.30. The van der Waals surface area contributed by atoms with Gasteiger partial charge in [0.25, 0.3) is 0 Å². The molecule has 0 N–H and O–H groups in total. The zero-order valence-corrected chi connectivity index (χ0v) is 15.0. The van der Waals surface area contributed by atoms with Gasteiger partial charge in [0.15, 0.2) is 0 Å².